The van der Waals surface area contributed by atoms with Gasteiger partial charge in [-0.1, -0.05) is 6.07 Å². The normalized spacial score (nSPS) is 10.8. The van der Waals surface area contributed by atoms with Crippen molar-refractivity contribution in [1.82, 2.24) is 0 Å². The summed E-state index contributed by atoms with van der Waals surface area (Å²) < 4.78 is 38.0. The number of benzene rings is 2. The zero-order chi connectivity index (χ0) is 21.7. The molecule has 1 aromatic heterocycles. The summed E-state index contributed by atoms with van der Waals surface area (Å²) >= 11 is 1.06. The molecule has 30 heavy (non-hydrogen) atoms. The fraction of sp³-hybridized carbons (Fsp3) is 0.227. The van der Waals surface area contributed by atoms with Gasteiger partial charge in [0.1, 0.15) is 23.1 Å². The average molecular weight is 432 g/mol. The molecule has 0 saturated heterocycles. The van der Waals surface area contributed by atoms with Crippen LogP contribution in [0.15, 0.2) is 42.5 Å². The van der Waals surface area contributed by atoms with Crippen LogP contribution in [0.3, 0.4) is 0 Å². The summed E-state index contributed by atoms with van der Waals surface area (Å²) in [7, 11) is 0. The summed E-state index contributed by atoms with van der Waals surface area (Å²) in [6, 6.07) is 9.47. The Morgan fingerprint density at radius 3 is 2.40 bits per heavy atom. The molecule has 3 rings (SSSR count). The molecule has 0 aliphatic rings. The first-order chi connectivity index (χ1) is 14.4. The van der Waals surface area contributed by atoms with Gasteiger partial charge in [-0.15, -0.1) is 11.3 Å². The lowest BCUT2D eigenvalue weighted by molar-refractivity contribution is -0.144. The summed E-state index contributed by atoms with van der Waals surface area (Å²) in [4.78, 5) is 36.6. The second kappa shape index (κ2) is 9.58. The van der Waals surface area contributed by atoms with Gasteiger partial charge in [-0.2, -0.15) is 0 Å². The van der Waals surface area contributed by atoms with Crippen LogP contribution >= 0.6 is 11.3 Å². The summed E-state index contributed by atoms with van der Waals surface area (Å²) in [5.74, 6) is -2.60. The Bertz CT molecular complexity index is 1090. The predicted molar refractivity (Wildman–Crippen MR) is 108 cm³/mol. The number of ketones is 1. The number of rotatable bonds is 8. The van der Waals surface area contributed by atoms with Crippen molar-refractivity contribution in [3.05, 3.63) is 70.1 Å². The topological polar surface area (TPSA) is 69.7 Å². The third-order valence-electron chi connectivity index (χ3n) is 4.32. The van der Waals surface area contributed by atoms with Crippen LogP contribution in [0.1, 0.15) is 45.4 Å². The highest BCUT2D eigenvalue weighted by atomic mass is 32.1. The minimum Gasteiger partial charge on any atom is -0.462 e. The Morgan fingerprint density at radius 2 is 1.70 bits per heavy atom. The van der Waals surface area contributed by atoms with Crippen molar-refractivity contribution in [3.8, 4) is 0 Å². The molecule has 2 aromatic carbocycles. The van der Waals surface area contributed by atoms with Crippen molar-refractivity contribution in [1.29, 1.82) is 0 Å². The zero-order valence-corrected chi connectivity index (χ0v) is 16.9. The molecule has 3 aromatic rings. The van der Waals surface area contributed by atoms with Crippen LogP contribution in [0.5, 0.6) is 0 Å². The van der Waals surface area contributed by atoms with Crippen LogP contribution in [-0.2, 0) is 20.9 Å². The molecule has 0 radical (unpaired) electrons. The van der Waals surface area contributed by atoms with Gasteiger partial charge in [0.2, 0.25) is 0 Å². The average Bonchev–Trinajstić information content (AvgIpc) is 3.11. The van der Waals surface area contributed by atoms with E-state index in [1.54, 1.807) is 13.0 Å². The molecule has 0 aliphatic carbocycles. The smallest absolute Gasteiger partial charge is 0.348 e. The summed E-state index contributed by atoms with van der Waals surface area (Å²) in [6.07, 6.45) is -0.316. The molecule has 0 spiro atoms. The molecule has 0 amide bonds. The van der Waals surface area contributed by atoms with Crippen LogP contribution in [-0.4, -0.2) is 24.3 Å². The summed E-state index contributed by atoms with van der Waals surface area (Å²) in [5.41, 5.74) is 0.532. The number of thiophene rings is 1. The van der Waals surface area contributed by atoms with E-state index in [1.807, 2.05) is 0 Å². The molecule has 0 fully saturated rings. The molecular formula is C22H18F2O5S. The van der Waals surface area contributed by atoms with Gasteiger partial charge in [-0.3, -0.25) is 9.59 Å². The quantitative estimate of drug-likeness (QED) is 0.368. The lowest BCUT2D eigenvalue weighted by Gasteiger charge is -2.07. The number of hydrogen-bond acceptors (Lipinski definition) is 6. The fourth-order valence-corrected chi connectivity index (χ4v) is 4.00. The number of ether oxygens (including phenoxy) is 2. The highest BCUT2D eigenvalue weighted by Gasteiger charge is 2.23. The van der Waals surface area contributed by atoms with Gasteiger partial charge in [0.15, 0.2) is 5.78 Å². The van der Waals surface area contributed by atoms with E-state index in [0.29, 0.717) is 10.3 Å². The Labute approximate surface area is 175 Å². The highest BCUT2D eigenvalue weighted by Crippen LogP contribution is 2.34. The minimum atomic E-state index is -0.670. The van der Waals surface area contributed by atoms with E-state index in [1.165, 1.54) is 36.4 Å². The van der Waals surface area contributed by atoms with E-state index in [4.69, 9.17) is 9.47 Å². The number of fused-ring (bicyclic) bond motifs is 1. The maximum atomic E-state index is 14.3. The molecule has 0 bridgehead atoms. The lowest BCUT2D eigenvalue weighted by Crippen LogP contribution is -2.11. The Hall–Kier alpha value is -3.13. The number of carbonyl (C=O) groups is 3. The van der Waals surface area contributed by atoms with Crippen molar-refractivity contribution < 1.29 is 32.6 Å². The standard InChI is InChI=1S/C22H18F2O5S/c1-2-28-22(27)21-15(20-16(24)4-3-5-18(20)30-21)12-29-19(26)11-10-17(25)13-6-8-14(23)9-7-13/h3-9H,2,10-12H2,1H3. The Balaban J connectivity index is 1.69. The first kappa shape index (κ1) is 21.6. The number of halogens is 2. The summed E-state index contributed by atoms with van der Waals surface area (Å²) in [6.45, 7) is 1.49. The van der Waals surface area contributed by atoms with Crippen molar-refractivity contribution in [3.63, 3.8) is 0 Å². The van der Waals surface area contributed by atoms with Gasteiger partial charge in [-0.25, -0.2) is 13.6 Å². The monoisotopic (exact) mass is 432 g/mol. The van der Waals surface area contributed by atoms with Gasteiger partial charge in [0.05, 0.1) is 13.0 Å². The van der Waals surface area contributed by atoms with Crippen LogP contribution in [0.4, 0.5) is 8.78 Å². The van der Waals surface area contributed by atoms with Crippen LogP contribution in [0.2, 0.25) is 0 Å². The zero-order valence-electron chi connectivity index (χ0n) is 16.1. The Morgan fingerprint density at radius 1 is 0.967 bits per heavy atom. The molecule has 5 nitrogen and oxygen atoms in total. The number of esters is 2. The Kier molecular flexibility index (Phi) is 6.89. The van der Waals surface area contributed by atoms with Gasteiger partial charge >= 0.3 is 11.9 Å². The number of carbonyl (C=O) groups excluding carboxylic acids is 3. The number of hydrogen-bond donors (Lipinski definition) is 0. The maximum absolute atomic E-state index is 14.3. The van der Waals surface area contributed by atoms with Gasteiger partial charge < -0.3 is 9.47 Å². The van der Waals surface area contributed by atoms with Crippen molar-refractivity contribution in [2.45, 2.75) is 26.4 Å². The predicted octanol–water partition coefficient (Wildman–Crippen LogP) is 5.06. The van der Waals surface area contributed by atoms with E-state index in [-0.39, 0.29) is 47.7 Å². The van der Waals surface area contributed by atoms with E-state index in [2.05, 4.69) is 0 Å². The first-order valence-electron chi connectivity index (χ1n) is 9.22. The summed E-state index contributed by atoms with van der Waals surface area (Å²) in [5, 5.41) is 0.209. The second-order valence-corrected chi connectivity index (χ2v) is 7.39. The van der Waals surface area contributed by atoms with Crippen LogP contribution in [0, 0.1) is 11.6 Å². The molecule has 0 aliphatic heterocycles. The largest absolute Gasteiger partial charge is 0.462 e. The lowest BCUT2D eigenvalue weighted by atomic mass is 10.1. The molecule has 0 unspecified atom stereocenters. The minimum absolute atomic E-state index is 0.117. The molecular weight excluding hydrogens is 414 g/mol. The van der Waals surface area contributed by atoms with Gasteiger partial charge in [0, 0.05) is 27.6 Å². The molecule has 0 N–H and O–H groups in total. The SMILES string of the molecule is CCOC(=O)c1sc2cccc(F)c2c1COC(=O)CCC(=O)c1ccc(F)cc1. The molecule has 8 heteroatoms. The van der Waals surface area contributed by atoms with E-state index < -0.39 is 23.6 Å². The van der Waals surface area contributed by atoms with E-state index in [0.717, 1.165) is 11.3 Å². The van der Waals surface area contributed by atoms with E-state index >= 15 is 0 Å². The molecule has 1 heterocycles. The third kappa shape index (κ3) is 4.88. The van der Waals surface area contributed by atoms with Gasteiger partial charge in [0.25, 0.3) is 0 Å². The van der Waals surface area contributed by atoms with Crippen LogP contribution in [0.25, 0.3) is 10.1 Å². The molecule has 0 atom stereocenters. The maximum Gasteiger partial charge on any atom is 0.348 e. The van der Waals surface area contributed by atoms with Crippen LogP contribution < -0.4 is 0 Å². The van der Waals surface area contributed by atoms with Crippen molar-refractivity contribution in [2.24, 2.45) is 0 Å². The number of Topliss-reactive ketones (excluding diaryl/α,β-unsaturated/α-hetero) is 1. The van der Waals surface area contributed by atoms with Crippen molar-refractivity contribution in [2.75, 3.05) is 6.61 Å². The second-order valence-electron chi connectivity index (χ2n) is 6.33. The third-order valence-corrected chi connectivity index (χ3v) is 5.50. The molecule has 156 valence electrons. The van der Waals surface area contributed by atoms with E-state index in [9.17, 15) is 23.2 Å². The fourth-order valence-electron chi connectivity index (χ4n) is 2.89. The highest BCUT2D eigenvalue weighted by molar-refractivity contribution is 7.21. The molecule has 0 saturated carbocycles. The first-order valence-corrected chi connectivity index (χ1v) is 10.0. The van der Waals surface area contributed by atoms with Gasteiger partial charge in [-0.05, 0) is 43.3 Å². The van der Waals surface area contributed by atoms with Crippen molar-refractivity contribution >= 4 is 39.1 Å².